The number of amides is 1. The molecule has 31 heavy (non-hydrogen) atoms. The van der Waals surface area contributed by atoms with Crippen LogP contribution in [0.1, 0.15) is 12.0 Å². The zero-order valence-electron chi connectivity index (χ0n) is 17.1. The van der Waals surface area contributed by atoms with Crippen molar-refractivity contribution in [3.05, 3.63) is 53.5 Å². The molecule has 4 atom stereocenters. The highest BCUT2D eigenvalue weighted by molar-refractivity contribution is 5.82. The fourth-order valence-electron chi connectivity index (χ4n) is 4.07. The molecule has 2 aliphatic rings. The van der Waals surface area contributed by atoms with Gasteiger partial charge in [-0.25, -0.2) is 10.3 Å². The maximum atomic E-state index is 12.8. The minimum atomic E-state index is -0.351. The number of piperidine rings is 1. The lowest BCUT2D eigenvalue weighted by Crippen LogP contribution is -2.60. The Morgan fingerprint density at radius 2 is 2.19 bits per heavy atom. The van der Waals surface area contributed by atoms with Gasteiger partial charge in [-0.15, -0.1) is 0 Å². The number of nitrogens with one attached hydrogen (secondary N) is 4. The molecule has 0 spiro atoms. The van der Waals surface area contributed by atoms with Crippen LogP contribution in [-0.2, 0) is 4.79 Å². The summed E-state index contributed by atoms with van der Waals surface area (Å²) in [4.78, 5) is 20.4. The summed E-state index contributed by atoms with van der Waals surface area (Å²) in [5.41, 5.74) is 4.70. The minimum Gasteiger partial charge on any atom is -0.493 e. The highest BCUT2D eigenvalue weighted by Gasteiger charge is 2.48. The van der Waals surface area contributed by atoms with Gasteiger partial charge in [-0.05, 0) is 18.2 Å². The first-order chi connectivity index (χ1) is 15.0. The summed E-state index contributed by atoms with van der Waals surface area (Å²) in [6, 6.07) is 10.6. The number of hydrogen-bond acceptors (Lipinski definition) is 8. The Kier molecular flexibility index (Phi) is 5.58. The van der Waals surface area contributed by atoms with Crippen molar-refractivity contribution in [2.45, 2.75) is 24.8 Å². The van der Waals surface area contributed by atoms with E-state index in [2.05, 4.69) is 37.3 Å². The van der Waals surface area contributed by atoms with E-state index >= 15 is 0 Å². The van der Waals surface area contributed by atoms with Gasteiger partial charge in [0.1, 0.15) is 11.9 Å². The molecule has 2 aromatic rings. The zero-order chi connectivity index (χ0) is 22.0. The van der Waals surface area contributed by atoms with E-state index in [9.17, 15) is 10.1 Å². The van der Waals surface area contributed by atoms with Crippen molar-refractivity contribution in [1.29, 1.82) is 5.26 Å². The highest BCUT2D eigenvalue weighted by atomic mass is 16.5. The Bertz CT molecular complexity index is 1060. The predicted octanol–water partition coefficient (Wildman–Crippen LogP) is 1.64. The van der Waals surface area contributed by atoms with Crippen LogP contribution in [0.25, 0.3) is 4.85 Å². The number of para-hydroxylation sites is 1. The van der Waals surface area contributed by atoms with Crippen molar-refractivity contribution in [2.24, 2.45) is 5.92 Å². The largest absolute Gasteiger partial charge is 0.493 e. The molecular weight excluding hydrogens is 396 g/mol. The quantitative estimate of drug-likeness (QED) is 0.541. The van der Waals surface area contributed by atoms with Crippen LogP contribution in [0.4, 0.5) is 17.2 Å². The molecule has 0 aliphatic carbocycles. The Labute approximate surface area is 180 Å². The molecule has 2 saturated heterocycles. The molecule has 1 amide bonds. The Balaban J connectivity index is 1.59. The van der Waals surface area contributed by atoms with E-state index in [0.29, 0.717) is 34.9 Å². The number of nitrogens with zero attached hydrogens (tertiary/aromatic N) is 4. The van der Waals surface area contributed by atoms with E-state index in [0.717, 1.165) is 0 Å². The molecule has 3 heterocycles. The molecule has 1 aromatic carbocycles. The van der Waals surface area contributed by atoms with Crippen molar-refractivity contribution in [1.82, 2.24) is 20.7 Å². The summed E-state index contributed by atoms with van der Waals surface area (Å²) in [6.45, 7) is 7.05. The van der Waals surface area contributed by atoms with Crippen molar-refractivity contribution < 1.29 is 9.53 Å². The van der Waals surface area contributed by atoms with E-state index in [1.165, 1.54) is 18.3 Å². The summed E-state index contributed by atoms with van der Waals surface area (Å²) < 4.78 is 5.45. The lowest BCUT2D eigenvalue weighted by atomic mass is 9.88. The van der Waals surface area contributed by atoms with Gasteiger partial charge in [-0.3, -0.25) is 20.1 Å². The van der Waals surface area contributed by atoms with Gasteiger partial charge in [0.25, 0.3) is 0 Å². The average Bonchev–Trinajstić information content (AvgIpc) is 3.07. The van der Waals surface area contributed by atoms with E-state index < -0.39 is 0 Å². The SMILES string of the molecule is [C-]#[N+]c1ccc(NC2CC(Nc3cccc(C#N)c3OC)C3C(=O)N(C)NC3N2)nc1. The number of benzene rings is 1. The number of methoxy groups -OCH3 is 1. The molecule has 4 rings (SSSR count). The Hall–Kier alpha value is -3.86. The summed E-state index contributed by atoms with van der Waals surface area (Å²) in [5.74, 6) is 0.705. The van der Waals surface area contributed by atoms with Gasteiger partial charge in [0.05, 0.1) is 43.2 Å². The molecule has 2 fully saturated rings. The van der Waals surface area contributed by atoms with Gasteiger partial charge >= 0.3 is 0 Å². The number of pyridine rings is 1. The maximum absolute atomic E-state index is 12.8. The molecule has 158 valence electrons. The maximum Gasteiger partial charge on any atom is 0.244 e. The second-order valence-corrected chi connectivity index (χ2v) is 7.39. The summed E-state index contributed by atoms with van der Waals surface area (Å²) in [7, 11) is 3.22. The molecule has 0 radical (unpaired) electrons. The molecule has 1 aromatic heterocycles. The van der Waals surface area contributed by atoms with Crippen LogP contribution in [0.2, 0.25) is 0 Å². The van der Waals surface area contributed by atoms with Crippen LogP contribution in [0.15, 0.2) is 36.5 Å². The second kappa shape index (κ2) is 8.48. The fraction of sp³-hybridized carbons (Fsp3) is 0.333. The van der Waals surface area contributed by atoms with Gasteiger partial charge < -0.3 is 15.4 Å². The number of nitriles is 1. The molecule has 0 saturated carbocycles. The first kappa shape index (κ1) is 20.4. The monoisotopic (exact) mass is 418 g/mol. The summed E-state index contributed by atoms with van der Waals surface area (Å²) >= 11 is 0. The van der Waals surface area contributed by atoms with Crippen molar-refractivity contribution in [2.75, 3.05) is 24.8 Å². The average molecular weight is 418 g/mol. The van der Waals surface area contributed by atoms with E-state index in [4.69, 9.17) is 11.3 Å². The number of hydrogen-bond donors (Lipinski definition) is 4. The number of carbonyl (C=O) groups is 1. The molecular formula is C21H22N8O2. The van der Waals surface area contributed by atoms with Crippen LogP contribution in [-0.4, -0.2) is 48.4 Å². The number of hydrazine groups is 1. The van der Waals surface area contributed by atoms with Crippen LogP contribution < -0.4 is 26.1 Å². The van der Waals surface area contributed by atoms with Gasteiger partial charge in [0.2, 0.25) is 11.6 Å². The zero-order valence-corrected chi connectivity index (χ0v) is 17.1. The summed E-state index contributed by atoms with van der Waals surface area (Å²) in [5, 5.41) is 21.0. The van der Waals surface area contributed by atoms with Gasteiger partial charge in [0.15, 0.2) is 5.75 Å². The topological polar surface area (TPSA) is 119 Å². The van der Waals surface area contributed by atoms with E-state index in [1.54, 1.807) is 31.3 Å². The third-order valence-electron chi connectivity index (χ3n) is 5.49. The molecule has 10 nitrogen and oxygen atoms in total. The third-order valence-corrected chi connectivity index (χ3v) is 5.49. The van der Waals surface area contributed by atoms with Gasteiger partial charge in [-0.1, -0.05) is 12.1 Å². The normalized spacial score (nSPS) is 24.6. The van der Waals surface area contributed by atoms with Crippen LogP contribution >= 0.6 is 0 Å². The smallest absolute Gasteiger partial charge is 0.244 e. The number of anilines is 2. The van der Waals surface area contributed by atoms with Crippen molar-refractivity contribution in [3.8, 4) is 11.8 Å². The molecule has 4 unspecified atom stereocenters. The van der Waals surface area contributed by atoms with E-state index in [1.807, 2.05) is 6.07 Å². The lowest BCUT2D eigenvalue weighted by molar-refractivity contribution is -0.131. The van der Waals surface area contributed by atoms with Crippen LogP contribution in [0, 0.1) is 23.8 Å². The van der Waals surface area contributed by atoms with Gasteiger partial charge in [-0.2, -0.15) is 5.26 Å². The first-order valence-electron chi connectivity index (χ1n) is 9.77. The molecule has 10 heteroatoms. The van der Waals surface area contributed by atoms with Gasteiger partial charge in [0, 0.05) is 25.7 Å². The second-order valence-electron chi connectivity index (χ2n) is 7.39. The van der Waals surface area contributed by atoms with Crippen LogP contribution in [0.3, 0.4) is 0 Å². The fourth-order valence-corrected chi connectivity index (χ4v) is 4.07. The lowest BCUT2D eigenvalue weighted by Gasteiger charge is -2.39. The van der Waals surface area contributed by atoms with Crippen LogP contribution in [0.5, 0.6) is 5.75 Å². The van der Waals surface area contributed by atoms with Crippen molar-refractivity contribution in [3.63, 3.8) is 0 Å². The number of carbonyl (C=O) groups excluding carboxylic acids is 1. The minimum absolute atomic E-state index is 0.0246. The third kappa shape index (κ3) is 3.94. The molecule has 0 bridgehead atoms. The number of aromatic nitrogens is 1. The van der Waals surface area contributed by atoms with Crippen molar-refractivity contribution >= 4 is 23.1 Å². The standard InChI is InChI=1S/C21H22N8O2/c1-23-13-7-8-16(24-11-13)26-17-9-15(18-20(27-17)28-29(2)21(18)30)25-14-6-4-5-12(10-22)19(14)31-3/h4-8,11,15,17-18,20,25,27-28H,9H2,2-3H3,(H,24,26). The number of ether oxygens (including phenoxy) is 1. The molecule has 4 N–H and O–H groups in total. The molecule has 2 aliphatic heterocycles. The Morgan fingerprint density at radius 1 is 1.35 bits per heavy atom. The number of fused-ring (bicyclic) bond motifs is 1. The highest BCUT2D eigenvalue weighted by Crippen LogP contribution is 2.33. The van der Waals surface area contributed by atoms with E-state index in [-0.39, 0.29) is 30.2 Å². The first-order valence-corrected chi connectivity index (χ1v) is 9.77. The number of rotatable bonds is 5. The predicted molar refractivity (Wildman–Crippen MR) is 114 cm³/mol. The summed E-state index contributed by atoms with van der Waals surface area (Å²) in [6.07, 6.45) is 1.60. The Morgan fingerprint density at radius 3 is 2.87 bits per heavy atom.